The van der Waals surface area contributed by atoms with E-state index in [1.54, 1.807) is 26.6 Å². The molecule has 18 heteroatoms. The van der Waals surface area contributed by atoms with Crippen molar-refractivity contribution < 1.29 is 45.3 Å². The number of aliphatic carboxylic acids is 1. The fraction of sp³-hybridized carbons (Fsp3) is 0.274. The normalized spacial score (nSPS) is 13.2. The number of rotatable bonds is 21. The number of aliphatic hydroxyl groups excluding tert-OH is 2. The molecule has 0 radical (unpaired) electrons. The number of hydrogen-bond acceptors (Lipinski definition) is 15. The van der Waals surface area contributed by atoms with Crippen LogP contribution >= 0.6 is 0 Å². The number of nitrogens with one attached hydrogen (secondary N) is 2. The number of carboxylic acids is 1. The van der Waals surface area contributed by atoms with Crippen LogP contribution in [0.5, 0.6) is 11.5 Å². The lowest BCUT2D eigenvalue weighted by Gasteiger charge is -2.29. The summed E-state index contributed by atoms with van der Waals surface area (Å²) in [5, 5.41) is 34.0. The number of carbonyl (C=O) groups excluding carboxylic acids is 3. The van der Waals surface area contributed by atoms with E-state index in [1.807, 2.05) is 212 Å². The van der Waals surface area contributed by atoms with E-state index < -0.39 is 5.97 Å². The Kier molecular flexibility index (Phi) is 33.4. The third-order valence-corrected chi connectivity index (χ3v) is 19.7. The lowest BCUT2D eigenvalue weighted by Crippen LogP contribution is -2.24. The Labute approximate surface area is 669 Å². The third-order valence-electron chi connectivity index (χ3n) is 19.7. The highest BCUT2D eigenvalue weighted by Crippen LogP contribution is 2.43. The molecule has 9 N–H and O–H groups in total. The highest BCUT2D eigenvalue weighted by atomic mass is 16.5. The number of amides is 2. The zero-order valence-corrected chi connectivity index (χ0v) is 63.6. The minimum absolute atomic E-state index is 0. The largest absolute Gasteiger partial charge is 0.497 e. The molecule has 2 amide bonds. The maximum atomic E-state index is 13.0. The molecule has 14 rings (SSSR count). The van der Waals surface area contributed by atoms with Gasteiger partial charge in [-0.1, -0.05) is 103 Å². The topological polar surface area (TPSA) is 249 Å². The van der Waals surface area contributed by atoms with E-state index in [2.05, 4.69) is 83.7 Å². The molecule has 590 valence electrons. The minimum atomic E-state index is -0.602. The quantitative estimate of drug-likeness (QED) is 0.0330. The molecule has 1 aromatic heterocycles. The third kappa shape index (κ3) is 25.4. The zero-order valence-electron chi connectivity index (χ0n) is 64.6. The average molecular weight is 1520 g/mol. The summed E-state index contributed by atoms with van der Waals surface area (Å²) in [6, 6.07) is 85.9. The van der Waals surface area contributed by atoms with Gasteiger partial charge in [0.2, 0.25) is 11.8 Å². The first-order chi connectivity index (χ1) is 54.6. The monoisotopic (exact) mass is 1520 g/mol. The van der Waals surface area contributed by atoms with Gasteiger partial charge in [0.25, 0.3) is 0 Å². The molecule has 3 aliphatic rings. The Morgan fingerprint density at radius 3 is 0.814 bits per heavy atom. The van der Waals surface area contributed by atoms with Gasteiger partial charge in [0, 0.05) is 117 Å². The lowest BCUT2D eigenvalue weighted by molar-refractivity contribution is -0.142. The van der Waals surface area contributed by atoms with E-state index in [0.717, 1.165) is 179 Å². The van der Waals surface area contributed by atoms with Crippen LogP contribution in [0.2, 0.25) is 0 Å². The van der Waals surface area contributed by atoms with Crippen LogP contribution in [0.3, 0.4) is 0 Å². The number of aliphatic hydroxyl groups is 2. The molecule has 0 atom stereocenters. The van der Waals surface area contributed by atoms with Crippen molar-refractivity contribution in [1.29, 1.82) is 0 Å². The molecule has 0 bridgehead atoms. The summed E-state index contributed by atoms with van der Waals surface area (Å²) in [6.07, 6.45) is 19.5. The molecule has 3 fully saturated rings. The summed E-state index contributed by atoms with van der Waals surface area (Å²) in [4.78, 5) is 58.4. The summed E-state index contributed by atoms with van der Waals surface area (Å²) < 4.78 is 17.1. The van der Waals surface area contributed by atoms with Crippen molar-refractivity contribution in [2.45, 2.75) is 138 Å². The first-order valence-corrected chi connectivity index (χ1v) is 38.1. The molecule has 3 saturated carbocycles. The van der Waals surface area contributed by atoms with E-state index in [1.165, 1.54) is 26.2 Å². The summed E-state index contributed by atoms with van der Waals surface area (Å²) >= 11 is 0. The van der Waals surface area contributed by atoms with Crippen molar-refractivity contribution >= 4 is 115 Å². The Morgan fingerprint density at radius 2 is 0.611 bits per heavy atom. The summed E-state index contributed by atoms with van der Waals surface area (Å²) in [6.45, 7) is 1.29. The van der Waals surface area contributed by atoms with Crippen LogP contribution in [0.1, 0.15) is 137 Å². The number of ketones is 1. The van der Waals surface area contributed by atoms with Crippen molar-refractivity contribution in [3.05, 3.63) is 284 Å². The number of aromatic nitrogens is 1. The maximum Gasteiger partial charge on any atom is 0.306 e. The van der Waals surface area contributed by atoms with Crippen molar-refractivity contribution in [2.24, 2.45) is 17.8 Å². The Bertz CT molecular complexity index is 4360. The van der Waals surface area contributed by atoms with Crippen LogP contribution in [-0.2, 0) is 32.4 Å². The Hall–Kier alpha value is -12.3. The fourth-order valence-corrected chi connectivity index (χ4v) is 13.8. The molecule has 3 aliphatic carbocycles. The highest BCUT2D eigenvalue weighted by molar-refractivity contribution is 5.94. The second-order valence-electron chi connectivity index (χ2n) is 27.7. The van der Waals surface area contributed by atoms with Gasteiger partial charge in [-0.15, -0.1) is 0 Å². The number of methoxy groups -OCH3 is 2. The summed E-state index contributed by atoms with van der Waals surface area (Å²) in [5.74, 6) is 1.25. The van der Waals surface area contributed by atoms with Gasteiger partial charge in [-0.25, -0.2) is 0 Å². The molecular formula is C95H111N9O9. The van der Waals surface area contributed by atoms with E-state index in [0.29, 0.717) is 11.4 Å². The number of hydrogen-bond donors (Lipinski definition) is 7. The zero-order chi connectivity index (χ0) is 79.0. The molecule has 113 heavy (non-hydrogen) atoms. The van der Waals surface area contributed by atoms with Crippen molar-refractivity contribution in [3.63, 3.8) is 0 Å². The fourth-order valence-electron chi connectivity index (χ4n) is 13.8. The Morgan fingerprint density at radius 1 is 0.381 bits per heavy atom. The van der Waals surface area contributed by atoms with Gasteiger partial charge >= 0.3 is 5.97 Å². The molecular weight excluding hydrogens is 1410 g/mol. The standard InChI is InChI=1S/C46H50N4O4.C32H30N4O2.C7H12O2.C5H5N.C3H6O.2CH4/c1-54-44-30-28-43(29-31-44)50(40-22-16-37(17-23-40)48-46(53)35-10-6-3-7-11-35)42-26-24-41(25-27-42)49(38-18-12-33(32-51)13-19-38)39-20-14-36(15-21-39)47-45(52)34-8-4-2-5-9-34;1-38-32-20-18-31(19-21-32)36(28-12-6-25(34)7-13-28)30-16-14-29(15-17-30)35(27-10-4-24(33)5-11-27)26-8-2-23(22-37)3-9-26;8-7(9)6-4-2-1-3-5-6;1-2-4-6-5-3-1;1-3(2)4;;/h12-31,34-35,51H,2-11,32H2,1H3,(H,47,52)(H,48,53);2-21,37H,22,33-34H2,1H3;6H,1-5H2,(H,8,9);1-5H;1-2H3;2*1H4/i;;;;1D;;. The number of nitrogens with two attached hydrogens (primary N) is 2. The number of Topliss-reactive ketones (excluding diaryl/α,β-unsaturated/α-hetero) is 1. The smallest absolute Gasteiger partial charge is 0.306 e. The van der Waals surface area contributed by atoms with Crippen LogP contribution in [0.4, 0.5) is 91.0 Å². The molecule has 11 aromatic rings. The van der Waals surface area contributed by atoms with Gasteiger partial charge in [0.05, 0.1) is 33.4 Å². The van der Waals surface area contributed by atoms with Crippen LogP contribution in [0, 0.1) is 17.8 Å². The SMILES string of the molecule is C.C.COc1ccc(N(c2ccc(N)cc2)c2ccc(N(c3ccc(N)cc3)c3ccc(CO)cc3)cc2)cc1.COc1ccc(N(c2ccc(NC(=O)C3CCCCC3)cc2)c2ccc(N(c3ccc(CO)cc3)c3ccc(NC(=O)C4CCCCC4)cc3)cc2)cc1.O=C(O)C1CCCCC1.[2H]CC(C)=O.c1ccncc1. The number of pyridine rings is 1. The van der Waals surface area contributed by atoms with Gasteiger partial charge < -0.3 is 71.3 Å². The summed E-state index contributed by atoms with van der Waals surface area (Å²) in [5.41, 5.74) is 28.3. The molecule has 0 spiro atoms. The van der Waals surface area contributed by atoms with Crippen LogP contribution in [-0.4, -0.2) is 58.1 Å². The predicted molar refractivity (Wildman–Crippen MR) is 464 cm³/mol. The minimum Gasteiger partial charge on any atom is -0.497 e. The van der Waals surface area contributed by atoms with Gasteiger partial charge in [0.15, 0.2) is 0 Å². The number of nitrogens with zero attached hydrogens (tertiary/aromatic N) is 5. The number of carbonyl (C=O) groups is 4. The van der Waals surface area contributed by atoms with Crippen LogP contribution in [0.15, 0.2) is 273 Å². The van der Waals surface area contributed by atoms with Gasteiger partial charge in [-0.3, -0.25) is 19.4 Å². The van der Waals surface area contributed by atoms with Crippen LogP contribution < -0.4 is 51.2 Å². The second-order valence-corrected chi connectivity index (χ2v) is 27.7. The lowest BCUT2D eigenvalue weighted by atomic mass is 9.88. The van der Waals surface area contributed by atoms with E-state index in [-0.39, 0.29) is 70.3 Å². The number of anilines is 16. The highest BCUT2D eigenvalue weighted by Gasteiger charge is 2.25. The van der Waals surface area contributed by atoms with Crippen molar-refractivity contribution in [2.75, 3.05) is 55.9 Å². The molecule has 0 unspecified atom stereocenters. The van der Waals surface area contributed by atoms with Gasteiger partial charge in [-0.05, 0) is 294 Å². The number of ether oxygens (including phenoxy) is 2. The van der Waals surface area contributed by atoms with E-state index >= 15 is 0 Å². The summed E-state index contributed by atoms with van der Waals surface area (Å²) in [7, 11) is 3.33. The molecule has 0 saturated heterocycles. The first kappa shape index (κ1) is 84.8. The second kappa shape index (κ2) is 44.6. The maximum absolute atomic E-state index is 13.0. The van der Waals surface area contributed by atoms with E-state index in [9.17, 15) is 29.4 Å². The average Bonchev–Trinajstić information content (AvgIpc) is 0.792. The first-order valence-electron chi connectivity index (χ1n) is 38.8. The molecule has 18 nitrogen and oxygen atoms in total. The predicted octanol–water partition coefficient (Wildman–Crippen LogP) is 23.1. The Balaban J connectivity index is 0.000000233. The van der Waals surface area contributed by atoms with Crippen molar-refractivity contribution in [1.82, 2.24) is 4.98 Å². The molecule has 1 heterocycles. The van der Waals surface area contributed by atoms with Gasteiger partial charge in [0.1, 0.15) is 17.3 Å². The number of nitrogen functional groups attached to an aromatic ring is 2. The van der Waals surface area contributed by atoms with E-state index in [4.69, 9.17) is 27.4 Å². The number of carboxylic acid groups (broad SMARTS) is 1. The van der Waals surface area contributed by atoms with Gasteiger partial charge in [-0.2, -0.15) is 0 Å². The molecule has 10 aromatic carbocycles. The van der Waals surface area contributed by atoms with Crippen LogP contribution in [0.25, 0.3) is 0 Å². The number of benzene rings is 10. The molecule has 0 aliphatic heterocycles. The van der Waals surface area contributed by atoms with Crippen molar-refractivity contribution in [3.8, 4) is 11.5 Å².